The van der Waals surface area contributed by atoms with Crippen molar-refractivity contribution >= 4 is 22.8 Å². The van der Waals surface area contributed by atoms with Crippen molar-refractivity contribution in [3.63, 3.8) is 0 Å². The zero-order valence-corrected chi connectivity index (χ0v) is 13.4. The number of anilines is 1. The van der Waals surface area contributed by atoms with Crippen molar-refractivity contribution in [1.29, 1.82) is 0 Å². The molecule has 2 aromatic carbocycles. The molecule has 116 valence electrons. The highest BCUT2D eigenvalue weighted by Gasteiger charge is 2.26. The second-order valence-corrected chi connectivity index (χ2v) is 6.29. The molecule has 3 heterocycles. The molecule has 1 unspecified atom stereocenters. The Morgan fingerprint density at radius 2 is 1.96 bits per heavy atom. The third-order valence-electron chi connectivity index (χ3n) is 4.46. The zero-order chi connectivity index (χ0) is 16.1. The van der Waals surface area contributed by atoms with Crippen molar-refractivity contribution in [1.82, 2.24) is 14.6 Å². The van der Waals surface area contributed by atoms with Gasteiger partial charge in [0.1, 0.15) is 12.0 Å². The fraction of sp³-hybridized carbons (Fsp3) is 0.0526. The first-order valence-corrected chi connectivity index (χ1v) is 8.13. The van der Waals surface area contributed by atoms with Gasteiger partial charge in [-0.3, -0.25) is 0 Å². The summed E-state index contributed by atoms with van der Waals surface area (Å²) in [4.78, 5) is 4.56. The van der Waals surface area contributed by atoms with E-state index in [-0.39, 0.29) is 6.04 Å². The second kappa shape index (κ2) is 5.08. The first-order valence-electron chi connectivity index (χ1n) is 7.75. The molecule has 0 spiro atoms. The van der Waals surface area contributed by atoms with Crippen molar-refractivity contribution < 1.29 is 0 Å². The highest BCUT2D eigenvalue weighted by atomic mass is 35.5. The maximum Gasteiger partial charge on any atom is 0.137 e. The SMILES string of the molecule is Clc1cccc(C2Nc3ccccc3-c3ncnn4ccc2c34)c1. The molecule has 1 N–H and O–H groups in total. The summed E-state index contributed by atoms with van der Waals surface area (Å²) in [5.41, 5.74) is 6.36. The lowest BCUT2D eigenvalue weighted by molar-refractivity contribution is 0.899. The van der Waals surface area contributed by atoms with Crippen molar-refractivity contribution in [3.05, 3.63) is 83.3 Å². The van der Waals surface area contributed by atoms with Gasteiger partial charge >= 0.3 is 0 Å². The Balaban J connectivity index is 1.85. The van der Waals surface area contributed by atoms with Gasteiger partial charge < -0.3 is 5.32 Å². The average Bonchev–Trinajstić information content (AvgIpc) is 2.97. The highest BCUT2D eigenvalue weighted by Crippen LogP contribution is 2.41. The molecule has 5 heteroatoms. The van der Waals surface area contributed by atoms with Crippen LogP contribution in [0.3, 0.4) is 0 Å². The molecule has 5 rings (SSSR count). The largest absolute Gasteiger partial charge is 0.374 e. The quantitative estimate of drug-likeness (QED) is 0.555. The van der Waals surface area contributed by atoms with E-state index in [9.17, 15) is 0 Å². The Labute approximate surface area is 143 Å². The summed E-state index contributed by atoms with van der Waals surface area (Å²) in [6, 6.07) is 18.3. The summed E-state index contributed by atoms with van der Waals surface area (Å²) < 4.78 is 1.89. The minimum Gasteiger partial charge on any atom is -0.374 e. The van der Waals surface area contributed by atoms with Gasteiger partial charge in [-0.1, -0.05) is 41.9 Å². The van der Waals surface area contributed by atoms with Crippen LogP contribution in [0.25, 0.3) is 16.8 Å². The van der Waals surface area contributed by atoms with Crippen LogP contribution < -0.4 is 5.32 Å². The predicted molar refractivity (Wildman–Crippen MR) is 95.3 cm³/mol. The highest BCUT2D eigenvalue weighted by molar-refractivity contribution is 6.30. The van der Waals surface area contributed by atoms with Gasteiger partial charge in [0.05, 0.1) is 11.6 Å². The topological polar surface area (TPSA) is 42.2 Å². The standard InChI is InChI=1S/C19H13ClN4/c20-13-5-3-4-12(10-13)17-15-8-9-24-19(15)18(21-11-22-24)14-6-1-2-7-16(14)23-17/h1-11,17,23H. The van der Waals surface area contributed by atoms with Crippen molar-refractivity contribution in [2.75, 3.05) is 5.32 Å². The average molecular weight is 333 g/mol. The van der Waals surface area contributed by atoms with E-state index in [1.807, 2.05) is 41.0 Å². The predicted octanol–water partition coefficient (Wildman–Crippen LogP) is 4.56. The first-order chi connectivity index (χ1) is 11.8. The van der Waals surface area contributed by atoms with Crippen LogP contribution in [-0.2, 0) is 0 Å². The molecular weight excluding hydrogens is 320 g/mol. The lowest BCUT2D eigenvalue weighted by atomic mass is 10.00. The number of aromatic nitrogens is 3. The van der Waals surface area contributed by atoms with Crippen LogP contribution in [0.15, 0.2) is 67.1 Å². The van der Waals surface area contributed by atoms with Crippen LogP contribution in [0.1, 0.15) is 17.2 Å². The maximum absolute atomic E-state index is 6.22. The number of nitrogens with one attached hydrogen (secondary N) is 1. The van der Waals surface area contributed by atoms with Gasteiger partial charge in [0.25, 0.3) is 0 Å². The monoisotopic (exact) mass is 332 g/mol. The Morgan fingerprint density at radius 1 is 1.04 bits per heavy atom. The Kier molecular flexibility index (Phi) is 2.87. The molecule has 0 bridgehead atoms. The van der Waals surface area contributed by atoms with E-state index in [1.165, 1.54) is 0 Å². The number of fused-ring (bicyclic) bond motifs is 2. The molecule has 0 aliphatic carbocycles. The van der Waals surface area contributed by atoms with Crippen LogP contribution >= 0.6 is 11.6 Å². The second-order valence-electron chi connectivity index (χ2n) is 5.85. The van der Waals surface area contributed by atoms with Crippen molar-refractivity contribution in [2.24, 2.45) is 0 Å². The Bertz CT molecular complexity index is 1070. The molecule has 0 fully saturated rings. The van der Waals surface area contributed by atoms with Gasteiger partial charge in [-0.15, -0.1) is 0 Å². The van der Waals surface area contributed by atoms with Gasteiger partial charge in [-0.05, 0) is 29.8 Å². The number of halogens is 1. The van der Waals surface area contributed by atoms with E-state index in [2.05, 4.69) is 39.7 Å². The molecule has 1 aliphatic rings. The fourth-order valence-corrected chi connectivity index (χ4v) is 3.60. The molecule has 4 aromatic rings. The van der Waals surface area contributed by atoms with Crippen molar-refractivity contribution in [3.8, 4) is 11.3 Å². The van der Waals surface area contributed by atoms with Crippen molar-refractivity contribution in [2.45, 2.75) is 6.04 Å². The molecule has 0 radical (unpaired) electrons. The van der Waals surface area contributed by atoms with E-state index >= 15 is 0 Å². The molecular formula is C19H13ClN4. The third-order valence-corrected chi connectivity index (χ3v) is 4.70. The van der Waals surface area contributed by atoms with Gasteiger partial charge in [0.15, 0.2) is 0 Å². The van der Waals surface area contributed by atoms with E-state index in [0.29, 0.717) is 0 Å². The molecule has 0 saturated carbocycles. The lowest BCUT2D eigenvalue weighted by Crippen LogP contribution is -2.11. The molecule has 1 aliphatic heterocycles. The fourth-order valence-electron chi connectivity index (χ4n) is 3.41. The summed E-state index contributed by atoms with van der Waals surface area (Å²) in [6.07, 6.45) is 3.58. The number of para-hydroxylation sites is 1. The van der Waals surface area contributed by atoms with E-state index in [1.54, 1.807) is 6.33 Å². The number of hydrogen-bond acceptors (Lipinski definition) is 3. The minimum atomic E-state index is -0.0119. The van der Waals surface area contributed by atoms with Crippen LogP contribution in [-0.4, -0.2) is 14.6 Å². The third kappa shape index (κ3) is 1.93. The van der Waals surface area contributed by atoms with E-state index in [4.69, 9.17) is 11.6 Å². The van der Waals surface area contributed by atoms with Gasteiger partial charge in [-0.25, -0.2) is 9.50 Å². The molecule has 2 aromatic heterocycles. The summed E-state index contributed by atoms with van der Waals surface area (Å²) >= 11 is 6.22. The van der Waals surface area contributed by atoms with Crippen LogP contribution in [0.2, 0.25) is 5.02 Å². The molecule has 24 heavy (non-hydrogen) atoms. The lowest BCUT2D eigenvalue weighted by Gasteiger charge is -2.19. The number of nitrogens with zero attached hydrogens (tertiary/aromatic N) is 3. The van der Waals surface area contributed by atoms with Crippen LogP contribution in [0.5, 0.6) is 0 Å². The molecule has 0 saturated heterocycles. The van der Waals surface area contributed by atoms with Gasteiger partial charge in [0.2, 0.25) is 0 Å². The Hall–Kier alpha value is -2.85. The normalized spacial score (nSPS) is 15.6. The number of benzene rings is 2. The zero-order valence-electron chi connectivity index (χ0n) is 12.6. The number of hydrogen-bond donors (Lipinski definition) is 1. The summed E-state index contributed by atoms with van der Waals surface area (Å²) in [7, 11) is 0. The smallest absolute Gasteiger partial charge is 0.137 e. The molecule has 0 amide bonds. The first kappa shape index (κ1) is 13.6. The summed E-state index contributed by atoms with van der Waals surface area (Å²) in [5, 5.41) is 8.74. The minimum absolute atomic E-state index is 0.0119. The summed E-state index contributed by atoms with van der Waals surface area (Å²) in [5.74, 6) is 0. The van der Waals surface area contributed by atoms with Crippen LogP contribution in [0.4, 0.5) is 5.69 Å². The van der Waals surface area contributed by atoms with E-state index in [0.717, 1.165) is 38.6 Å². The van der Waals surface area contributed by atoms with Gasteiger partial charge in [-0.2, -0.15) is 5.10 Å². The number of rotatable bonds is 1. The van der Waals surface area contributed by atoms with E-state index < -0.39 is 0 Å². The summed E-state index contributed by atoms with van der Waals surface area (Å²) in [6.45, 7) is 0. The van der Waals surface area contributed by atoms with Gasteiger partial charge in [0, 0.05) is 28.0 Å². The Morgan fingerprint density at radius 3 is 2.88 bits per heavy atom. The van der Waals surface area contributed by atoms with Crippen LogP contribution in [0, 0.1) is 0 Å². The maximum atomic E-state index is 6.22. The molecule has 4 nitrogen and oxygen atoms in total. The molecule has 1 atom stereocenters.